The fraction of sp³-hybridized carbons (Fsp3) is 0. The van der Waals surface area contributed by atoms with Crippen LogP contribution in [0, 0.1) is 22.7 Å². The smallest absolute Gasteiger partial charge is 0.160 e. The molecule has 0 fully saturated rings. The Hall–Kier alpha value is -7.08. The van der Waals surface area contributed by atoms with Crippen molar-refractivity contribution in [3.8, 4) is 34.6 Å². The van der Waals surface area contributed by atoms with Crippen LogP contribution < -0.4 is 0 Å². The highest BCUT2D eigenvalue weighted by molar-refractivity contribution is 6.21. The monoisotopic (exact) mass is 624 g/mol. The van der Waals surface area contributed by atoms with E-state index in [-0.39, 0.29) is 0 Å². The second-order valence-electron chi connectivity index (χ2n) is 12.4. The molecule has 5 nitrogen and oxygen atoms in total. The summed E-state index contributed by atoms with van der Waals surface area (Å²) in [6.07, 6.45) is 0. The van der Waals surface area contributed by atoms with E-state index in [0.717, 1.165) is 88.1 Å². The van der Waals surface area contributed by atoms with E-state index in [1.54, 1.807) is 0 Å². The highest BCUT2D eigenvalue weighted by atomic mass is 16.3. The van der Waals surface area contributed by atoms with Gasteiger partial charge in [-0.2, -0.15) is 10.5 Å². The molecule has 0 N–H and O–H groups in total. The molecule has 0 atom stereocenters. The van der Waals surface area contributed by atoms with Gasteiger partial charge in [-0.25, -0.2) is 0 Å². The summed E-state index contributed by atoms with van der Waals surface area (Å²) in [5.41, 5.74) is 10.2. The van der Waals surface area contributed by atoms with Crippen LogP contribution in [0.15, 0.2) is 150 Å². The van der Waals surface area contributed by atoms with Crippen molar-refractivity contribution in [2.45, 2.75) is 0 Å². The van der Waals surface area contributed by atoms with E-state index in [1.807, 2.05) is 72.8 Å². The molecule has 0 spiro atoms. The van der Waals surface area contributed by atoms with E-state index in [2.05, 4.69) is 94.1 Å². The first kappa shape index (κ1) is 27.1. The SMILES string of the molecule is N#Cc1cc(-c2ccc(C#N)c(-n3c4ccccc4c4ccccc43)c2)cc(-n2c3ccccc3c3ccc4c5ccccc5oc4c32)c1. The third-order valence-corrected chi connectivity index (χ3v) is 9.76. The van der Waals surface area contributed by atoms with Crippen LogP contribution in [-0.4, -0.2) is 9.13 Å². The molecule has 226 valence electrons. The molecule has 0 aliphatic heterocycles. The van der Waals surface area contributed by atoms with Gasteiger partial charge >= 0.3 is 0 Å². The molecular formula is C44H24N4O. The Morgan fingerprint density at radius 2 is 1.08 bits per heavy atom. The van der Waals surface area contributed by atoms with Crippen LogP contribution in [0.1, 0.15) is 11.1 Å². The predicted octanol–water partition coefficient (Wildman–Crippen LogP) is 11.2. The molecule has 0 aliphatic rings. The molecular weight excluding hydrogens is 601 g/mol. The number of rotatable bonds is 3. The van der Waals surface area contributed by atoms with E-state index < -0.39 is 0 Å². The van der Waals surface area contributed by atoms with E-state index in [0.29, 0.717) is 11.1 Å². The number of fused-ring (bicyclic) bond motifs is 10. The van der Waals surface area contributed by atoms with Crippen molar-refractivity contribution in [1.82, 2.24) is 9.13 Å². The number of hydrogen-bond donors (Lipinski definition) is 0. The second-order valence-corrected chi connectivity index (χ2v) is 12.4. The van der Waals surface area contributed by atoms with Crippen LogP contribution in [0.2, 0.25) is 0 Å². The highest BCUT2D eigenvalue weighted by Gasteiger charge is 2.20. The maximum atomic E-state index is 10.3. The number of para-hydroxylation sites is 4. The molecule has 0 saturated carbocycles. The molecule has 0 saturated heterocycles. The topological polar surface area (TPSA) is 70.6 Å². The largest absolute Gasteiger partial charge is 0.454 e. The van der Waals surface area contributed by atoms with Gasteiger partial charge in [0.25, 0.3) is 0 Å². The van der Waals surface area contributed by atoms with Crippen molar-refractivity contribution in [3.63, 3.8) is 0 Å². The number of nitrogens with zero attached hydrogens (tertiary/aromatic N) is 4. The third kappa shape index (κ3) is 3.85. The van der Waals surface area contributed by atoms with Crippen LogP contribution >= 0.6 is 0 Å². The molecule has 7 aromatic carbocycles. The lowest BCUT2D eigenvalue weighted by Gasteiger charge is -2.14. The van der Waals surface area contributed by atoms with E-state index in [4.69, 9.17) is 4.42 Å². The summed E-state index contributed by atoms with van der Waals surface area (Å²) in [4.78, 5) is 0. The number of hydrogen-bond acceptors (Lipinski definition) is 3. The average molecular weight is 625 g/mol. The summed E-state index contributed by atoms with van der Waals surface area (Å²) < 4.78 is 11.0. The maximum Gasteiger partial charge on any atom is 0.160 e. The number of aromatic nitrogens is 2. The van der Waals surface area contributed by atoms with Gasteiger partial charge in [0.2, 0.25) is 0 Å². The van der Waals surface area contributed by atoms with Gasteiger partial charge in [0.1, 0.15) is 11.7 Å². The van der Waals surface area contributed by atoms with Gasteiger partial charge in [-0.1, -0.05) is 84.9 Å². The minimum atomic E-state index is 0.540. The zero-order valence-corrected chi connectivity index (χ0v) is 26.1. The lowest BCUT2D eigenvalue weighted by atomic mass is 9.99. The Balaban J connectivity index is 1.25. The fourth-order valence-electron chi connectivity index (χ4n) is 7.64. The van der Waals surface area contributed by atoms with Crippen molar-refractivity contribution in [1.29, 1.82) is 10.5 Å². The first-order valence-electron chi connectivity index (χ1n) is 16.1. The molecule has 0 bridgehead atoms. The van der Waals surface area contributed by atoms with Gasteiger partial charge < -0.3 is 13.6 Å². The van der Waals surface area contributed by atoms with Crippen LogP contribution in [0.3, 0.4) is 0 Å². The van der Waals surface area contributed by atoms with Gasteiger partial charge in [0, 0.05) is 38.0 Å². The third-order valence-electron chi connectivity index (χ3n) is 9.76. The van der Waals surface area contributed by atoms with Gasteiger partial charge in [-0.3, -0.25) is 0 Å². The van der Waals surface area contributed by atoms with Crippen LogP contribution in [0.4, 0.5) is 0 Å². The van der Waals surface area contributed by atoms with Gasteiger partial charge in [0.05, 0.1) is 45.0 Å². The average Bonchev–Trinajstić information content (AvgIpc) is 3.82. The van der Waals surface area contributed by atoms with E-state index in [9.17, 15) is 10.5 Å². The minimum absolute atomic E-state index is 0.540. The summed E-state index contributed by atoms with van der Waals surface area (Å²) >= 11 is 0. The van der Waals surface area contributed by atoms with Crippen molar-refractivity contribution in [2.24, 2.45) is 0 Å². The predicted molar refractivity (Wildman–Crippen MR) is 197 cm³/mol. The summed E-state index contributed by atoms with van der Waals surface area (Å²) in [5.74, 6) is 0. The normalized spacial score (nSPS) is 11.6. The summed E-state index contributed by atoms with van der Waals surface area (Å²) in [6, 6.07) is 54.1. The Labute approximate surface area is 280 Å². The molecule has 0 amide bonds. The summed E-state index contributed by atoms with van der Waals surface area (Å²) in [5, 5.41) is 27.2. The molecule has 0 radical (unpaired) electrons. The van der Waals surface area contributed by atoms with Crippen molar-refractivity contribution < 1.29 is 4.42 Å². The second kappa shape index (κ2) is 10.2. The first-order valence-corrected chi connectivity index (χ1v) is 16.1. The molecule has 49 heavy (non-hydrogen) atoms. The Morgan fingerprint density at radius 3 is 1.78 bits per heavy atom. The standard InChI is InChI=1S/C44H24N4O/c45-25-27-21-30(28-17-18-29(26-46)41(24-28)48-39-14-6-1-9-32(39)33-10-2-7-15-40(33)48)23-31(22-27)47-38-13-5-3-11-34(38)36-19-20-37-35-12-4-8-16-42(35)49-44(37)43(36)47/h1-24H. The highest BCUT2D eigenvalue weighted by Crippen LogP contribution is 2.41. The molecule has 10 aromatic rings. The van der Waals surface area contributed by atoms with Crippen LogP contribution in [0.25, 0.3) is 88.1 Å². The Morgan fingerprint density at radius 1 is 0.469 bits per heavy atom. The quantitative estimate of drug-likeness (QED) is 0.196. The summed E-state index contributed by atoms with van der Waals surface area (Å²) in [7, 11) is 0. The molecule has 3 heterocycles. The Kier molecular flexibility index (Phi) is 5.64. The zero-order chi connectivity index (χ0) is 32.6. The van der Waals surface area contributed by atoms with E-state index >= 15 is 0 Å². The maximum absolute atomic E-state index is 10.3. The number of furan rings is 1. The van der Waals surface area contributed by atoms with Crippen molar-refractivity contribution in [2.75, 3.05) is 0 Å². The lowest BCUT2D eigenvalue weighted by molar-refractivity contribution is 0.671. The number of benzene rings is 7. The van der Waals surface area contributed by atoms with Crippen LogP contribution in [0.5, 0.6) is 0 Å². The summed E-state index contributed by atoms with van der Waals surface area (Å²) in [6.45, 7) is 0. The Bertz CT molecular complexity index is 3030. The van der Waals surface area contributed by atoms with Crippen molar-refractivity contribution >= 4 is 65.6 Å². The van der Waals surface area contributed by atoms with Gasteiger partial charge in [-0.05, 0) is 71.8 Å². The first-order chi connectivity index (χ1) is 24.2. The molecule has 10 rings (SSSR count). The molecule has 0 aliphatic carbocycles. The van der Waals surface area contributed by atoms with Gasteiger partial charge in [-0.15, -0.1) is 0 Å². The van der Waals surface area contributed by atoms with Crippen LogP contribution in [-0.2, 0) is 0 Å². The molecule has 3 aromatic heterocycles. The number of nitriles is 2. The fourth-order valence-corrected chi connectivity index (χ4v) is 7.64. The molecule has 0 unspecified atom stereocenters. The zero-order valence-electron chi connectivity index (χ0n) is 26.1. The molecule has 5 heteroatoms. The minimum Gasteiger partial charge on any atom is -0.454 e. The van der Waals surface area contributed by atoms with Crippen molar-refractivity contribution in [3.05, 3.63) is 157 Å². The van der Waals surface area contributed by atoms with E-state index in [1.165, 1.54) is 0 Å². The lowest BCUT2D eigenvalue weighted by Crippen LogP contribution is -1.99. The van der Waals surface area contributed by atoms with Gasteiger partial charge in [0.15, 0.2) is 5.58 Å².